The van der Waals surface area contributed by atoms with Gasteiger partial charge in [0.1, 0.15) is 17.0 Å². The van der Waals surface area contributed by atoms with Crippen LogP contribution in [0.25, 0.3) is 0 Å². The van der Waals surface area contributed by atoms with Crippen molar-refractivity contribution in [2.45, 2.75) is 88.8 Å². The number of amides is 1. The lowest BCUT2D eigenvalue weighted by Gasteiger charge is -2.38. The molecule has 212 valence electrons. The SMILES string of the molecule is CCCC(C)(C)C[C@H]1N[C@@H](C(=O)CCC[C@H](O)CO)[C@H](c2cccc(Cl)c2)[C@@]12C(=O)Nc1cc(Cl)c(F)cc12. The van der Waals surface area contributed by atoms with Crippen LogP contribution in [0.15, 0.2) is 36.4 Å². The molecule has 5 atom stereocenters. The minimum absolute atomic E-state index is 0.0886. The molecule has 2 aromatic carbocycles. The van der Waals surface area contributed by atoms with E-state index >= 15 is 4.39 Å². The fourth-order valence-electron chi connectivity index (χ4n) is 6.66. The molecule has 6 nitrogen and oxygen atoms in total. The first-order chi connectivity index (χ1) is 18.4. The van der Waals surface area contributed by atoms with Crippen LogP contribution in [-0.2, 0) is 15.0 Å². The van der Waals surface area contributed by atoms with Gasteiger partial charge in [-0.05, 0) is 66.5 Å². The Balaban J connectivity index is 1.89. The minimum Gasteiger partial charge on any atom is -0.394 e. The zero-order valence-electron chi connectivity index (χ0n) is 22.6. The maximum Gasteiger partial charge on any atom is 0.237 e. The number of aliphatic hydroxyl groups is 2. The largest absolute Gasteiger partial charge is 0.394 e. The molecular formula is C30H37Cl2FN2O4. The summed E-state index contributed by atoms with van der Waals surface area (Å²) in [7, 11) is 0. The zero-order chi connectivity index (χ0) is 28.5. The predicted molar refractivity (Wildman–Crippen MR) is 152 cm³/mol. The van der Waals surface area contributed by atoms with Crippen LogP contribution in [0.3, 0.4) is 0 Å². The lowest BCUT2D eigenvalue weighted by Crippen LogP contribution is -2.50. The van der Waals surface area contributed by atoms with E-state index < -0.39 is 35.3 Å². The van der Waals surface area contributed by atoms with Gasteiger partial charge in [0, 0.05) is 29.1 Å². The topological polar surface area (TPSA) is 98.7 Å². The van der Waals surface area contributed by atoms with E-state index in [1.54, 1.807) is 18.2 Å². The van der Waals surface area contributed by atoms with Crippen molar-refractivity contribution in [2.24, 2.45) is 5.41 Å². The van der Waals surface area contributed by atoms with Gasteiger partial charge in [-0.2, -0.15) is 0 Å². The predicted octanol–water partition coefficient (Wildman–Crippen LogP) is 5.76. The van der Waals surface area contributed by atoms with Crippen molar-refractivity contribution >= 4 is 40.6 Å². The number of hydrogen-bond acceptors (Lipinski definition) is 5. The van der Waals surface area contributed by atoms with Gasteiger partial charge in [-0.3, -0.25) is 9.59 Å². The normalized spacial score (nSPS) is 25.1. The molecule has 1 saturated heterocycles. The van der Waals surface area contributed by atoms with E-state index in [0.717, 1.165) is 12.8 Å². The molecule has 1 fully saturated rings. The van der Waals surface area contributed by atoms with Gasteiger partial charge in [-0.15, -0.1) is 0 Å². The molecule has 0 unspecified atom stereocenters. The molecule has 39 heavy (non-hydrogen) atoms. The van der Waals surface area contributed by atoms with Crippen molar-refractivity contribution in [1.29, 1.82) is 0 Å². The van der Waals surface area contributed by atoms with Gasteiger partial charge in [0.2, 0.25) is 5.91 Å². The third kappa shape index (κ3) is 5.75. The number of carbonyl (C=O) groups excluding carboxylic acids is 2. The molecule has 2 aromatic rings. The molecule has 2 aliphatic rings. The Kier molecular flexibility index (Phi) is 9.08. The first-order valence-electron chi connectivity index (χ1n) is 13.6. The highest BCUT2D eigenvalue weighted by atomic mass is 35.5. The van der Waals surface area contributed by atoms with E-state index in [4.69, 9.17) is 23.2 Å². The summed E-state index contributed by atoms with van der Waals surface area (Å²) in [6.07, 6.45) is 2.34. The highest BCUT2D eigenvalue weighted by molar-refractivity contribution is 6.31. The van der Waals surface area contributed by atoms with E-state index in [2.05, 4.69) is 31.4 Å². The number of nitrogens with one attached hydrogen (secondary N) is 2. The molecule has 4 N–H and O–H groups in total. The fourth-order valence-corrected chi connectivity index (χ4v) is 7.03. The summed E-state index contributed by atoms with van der Waals surface area (Å²) in [5.41, 5.74) is 0.169. The molecule has 0 radical (unpaired) electrons. The molecule has 2 heterocycles. The van der Waals surface area contributed by atoms with Crippen molar-refractivity contribution in [1.82, 2.24) is 5.32 Å². The Morgan fingerprint density at radius 1 is 1.23 bits per heavy atom. The second-order valence-electron chi connectivity index (χ2n) is 11.7. The van der Waals surface area contributed by atoms with Crippen molar-refractivity contribution in [3.05, 3.63) is 63.4 Å². The Morgan fingerprint density at radius 2 is 1.97 bits per heavy atom. The monoisotopic (exact) mass is 578 g/mol. The highest BCUT2D eigenvalue weighted by Gasteiger charge is 2.65. The zero-order valence-corrected chi connectivity index (χ0v) is 24.1. The molecule has 1 amide bonds. The third-order valence-corrected chi connectivity index (χ3v) is 8.82. The Bertz CT molecular complexity index is 1240. The molecule has 0 bridgehead atoms. The molecule has 4 rings (SSSR count). The van der Waals surface area contributed by atoms with E-state index in [-0.39, 0.29) is 41.6 Å². The summed E-state index contributed by atoms with van der Waals surface area (Å²) in [4.78, 5) is 28.0. The summed E-state index contributed by atoms with van der Waals surface area (Å²) >= 11 is 12.5. The van der Waals surface area contributed by atoms with Crippen molar-refractivity contribution in [2.75, 3.05) is 11.9 Å². The molecule has 1 spiro atoms. The number of ketones is 1. The minimum atomic E-state index is -1.29. The lowest BCUT2D eigenvalue weighted by molar-refractivity contribution is -0.122. The summed E-state index contributed by atoms with van der Waals surface area (Å²) < 4.78 is 15.0. The maximum atomic E-state index is 15.0. The Labute approximate surface area is 239 Å². The van der Waals surface area contributed by atoms with Gasteiger partial charge in [-0.25, -0.2) is 4.39 Å². The van der Waals surface area contributed by atoms with Crippen LogP contribution in [0.5, 0.6) is 0 Å². The van der Waals surface area contributed by atoms with Crippen LogP contribution in [0, 0.1) is 11.2 Å². The van der Waals surface area contributed by atoms with Gasteiger partial charge in [0.15, 0.2) is 0 Å². The number of rotatable bonds is 11. The fraction of sp³-hybridized carbons (Fsp3) is 0.533. The van der Waals surface area contributed by atoms with Crippen LogP contribution in [-0.4, -0.2) is 46.7 Å². The summed E-state index contributed by atoms with van der Waals surface area (Å²) in [6.45, 7) is 6.02. The summed E-state index contributed by atoms with van der Waals surface area (Å²) in [5, 5.41) is 25.8. The van der Waals surface area contributed by atoms with E-state index in [9.17, 15) is 19.8 Å². The third-order valence-electron chi connectivity index (χ3n) is 8.29. The molecule has 0 aromatic heterocycles. The average Bonchev–Trinajstić information content (AvgIpc) is 3.34. The van der Waals surface area contributed by atoms with Crippen molar-refractivity contribution < 1.29 is 24.2 Å². The molecule has 0 aliphatic carbocycles. The van der Waals surface area contributed by atoms with Gasteiger partial charge in [0.05, 0.1) is 23.8 Å². The second kappa shape index (κ2) is 11.8. The molecule has 0 saturated carbocycles. The van der Waals surface area contributed by atoms with Crippen LogP contribution in [0.1, 0.15) is 76.3 Å². The Hall–Kier alpha value is -2.03. The summed E-state index contributed by atoms with van der Waals surface area (Å²) in [5.74, 6) is -1.72. The van der Waals surface area contributed by atoms with Gasteiger partial charge in [-0.1, -0.05) is 62.5 Å². The quantitative estimate of drug-likeness (QED) is 0.272. The van der Waals surface area contributed by atoms with Crippen molar-refractivity contribution in [3.8, 4) is 0 Å². The number of carbonyl (C=O) groups is 2. The number of aliphatic hydroxyl groups excluding tert-OH is 2. The van der Waals surface area contributed by atoms with Crippen LogP contribution in [0.2, 0.25) is 10.0 Å². The first kappa shape index (κ1) is 29.9. The summed E-state index contributed by atoms with van der Waals surface area (Å²) in [6, 6.07) is 8.67. The van der Waals surface area contributed by atoms with Crippen LogP contribution < -0.4 is 10.6 Å². The van der Waals surface area contributed by atoms with Crippen molar-refractivity contribution in [3.63, 3.8) is 0 Å². The number of Topliss-reactive ketones (excluding diaryl/α,β-unsaturated/α-hetero) is 1. The van der Waals surface area contributed by atoms with E-state index in [1.807, 2.05) is 6.07 Å². The van der Waals surface area contributed by atoms with Gasteiger partial charge >= 0.3 is 0 Å². The highest BCUT2D eigenvalue weighted by Crippen LogP contribution is 2.57. The number of fused-ring (bicyclic) bond motifs is 2. The van der Waals surface area contributed by atoms with Crippen LogP contribution >= 0.6 is 23.2 Å². The van der Waals surface area contributed by atoms with Gasteiger partial charge < -0.3 is 20.8 Å². The standard InChI is InChI=1S/C30H37Cl2FN2O4/c1-4-11-29(2,3)15-25-30(20-13-22(33)21(32)14-23(20)34-28(30)39)26(17-7-5-8-18(31)12-17)27(35-25)24(38)10-6-9-19(37)16-36/h5,7-8,12-14,19,25-27,35-37H,4,6,9-11,15-16H2,1-3H3,(H,34,39)/t19-,25+,26-,27-,30-/m0/s1. The van der Waals surface area contributed by atoms with Gasteiger partial charge in [0.25, 0.3) is 0 Å². The number of halogens is 3. The second-order valence-corrected chi connectivity index (χ2v) is 12.5. The first-order valence-corrected chi connectivity index (χ1v) is 14.3. The lowest BCUT2D eigenvalue weighted by atomic mass is 9.61. The van der Waals surface area contributed by atoms with E-state index in [1.165, 1.54) is 12.1 Å². The molecule has 9 heteroatoms. The molecule has 2 aliphatic heterocycles. The number of benzene rings is 2. The van der Waals surface area contributed by atoms with E-state index in [0.29, 0.717) is 34.7 Å². The number of hydrogen-bond donors (Lipinski definition) is 4. The maximum absolute atomic E-state index is 15.0. The smallest absolute Gasteiger partial charge is 0.237 e. The Morgan fingerprint density at radius 3 is 2.64 bits per heavy atom. The number of anilines is 1. The average molecular weight is 580 g/mol. The molecular weight excluding hydrogens is 542 g/mol. The van der Waals surface area contributed by atoms with Crippen LogP contribution in [0.4, 0.5) is 10.1 Å².